The summed E-state index contributed by atoms with van der Waals surface area (Å²) in [5.74, 6) is -0.995. The van der Waals surface area contributed by atoms with Gasteiger partial charge in [-0.3, -0.25) is 14.4 Å². The fourth-order valence-electron chi connectivity index (χ4n) is 2.73. The van der Waals surface area contributed by atoms with E-state index in [0.29, 0.717) is 24.9 Å². The van der Waals surface area contributed by atoms with Crippen LogP contribution in [0.4, 0.5) is 0 Å². The number of aldehydes is 1. The van der Waals surface area contributed by atoms with Crippen molar-refractivity contribution in [1.29, 1.82) is 0 Å². The number of amides is 1. The highest BCUT2D eigenvalue weighted by Crippen LogP contribution is 2.25. The van der Waals surface area contributed by atoms with Gasteiger partial charge < -0.3 is 21.5 Å². The maximum atomic E-state index is 13.4. The molecule has 1 aromatic carbocycles. The van der Waals surface area contributed by atoms with Crippen LogP contribution in [0.3, 0.4) is 0 Å². The third-order valence-electron chi connectivity index (χ3n) is 4.32. The van der Waals surface area contributed by atoms with E-state index in [9.17, 15) is 19.2 Å². The summed E-state index contributed by atoms with van der Waals surface area (Å²) in [5.41, 5.74) is 11.5. The Morgan fingerprint density at radius 1 is 1.20 bits per heavy atom. The second-order valence-electron chi connectivity index (χ2n) is 7.49. The average molecular weight is 438 g/mol. The number of carbonyl (C=O) groups is 4. The summed E-state index contributed by atoms with van der Waals surface area (Å²) >= 11 is 1.57. The van der Waals surface area contributed by atoms with Crippen LogP contribution >= 0.6 is 11.8 Å². The molecule has 0 aliphatic heterocycles. The van der Waals surface area contributed by atoms with E-state index in [1.165, 1.54) is 25.1 Å². The summed E-state index contributed by atoms with van der Waals surface area (Å²) in [6, 6.07) is 1.77. The predicted octanol–water partition coefficient (Wildman–Crippen LogP) is 1.55. The first kappa shape index (κ1) is 25.8. The minimum absolute atomic E-state index is 0.0599. The predicted molar refractivity (Wildman–Crippen MR) is 118 cm³/mol. The molecule has 0 bridgehead atoms. The summed E-state index contributed by atoms with van der Waals surface area (Å²) in [4.78, 5) is 49.4. The molecule has 5 N–H and O–H groups in total. The number of nitrogens with two attached hydrogens (primary N) is 2. The Morgan fingerprint density at radius 3 is 2.40 bits per heavy atom. The molecule has 0 aromatic heterocycles. The van der Waals surface area contributed by atoms with Crippen LogP contribution in [0.15, 0.2) is 18.2 Å². The molecule has 0 unspecified atom stereocenters. The van der Waals surface area contributed by atoms with Gasteiger partial charge in [-0.2, -0.15) is 11.8 Å². The third kappa shape index (κ3) is 7.55. The van der Waals surface area contributed by atoms with Gasteiger partial charge in [0, 0.05) is 5.56 Å². The van der Waals surface area contributed by atoms with Crippen LogP contribution in [0.25, 0.3) is 0 Å². The molecule has 0 radical (unpaired) electrons. The summed E-state index contributed by atoms with van der Waals surface area (Å²) in [6.07, 6.45) is 3.22. The molecule has 0 aliphatic carbocycles. The molecule has 0 saturated carbocycles. The van der Waals surface area contributed by atoms with Gasteiger partial charge in [-0.15, -0.1) is 0 Å². The van der Waals surface area contributed by atoms with Gasteiger partial charge in [0.15, 0.2) is 12.1 Å². The van der Waals surface area contributed by atoms with E-state index in [1.54, 1.807) is 11.8 Å². The van der Waals surface area contributed by atoms with Crippen LogP contribution in [0.1, 0.15) is 54.3 Å². The van der Waals surface area contributed by atoms with Gasteiger partial charge in [0.1, 0.15) is 11.8 Å². The van der Waals surface area contributed by atoms with E-state index >= 15 is 0 Å². The van der Waals surface area contributed by atoms with Crippen molar-refractivity contribution < 1.29 is 23.9 Å². The number of hydrogen-bond acceptors (Lipinski definition) is 8. The van der Waals surface area contributed by atoms with Gasteiger partial charge in [0.25, 0.3) is 0 Å². The molecular formula is C21H31N3O5S. The Labute approximate surface area is 181 Å². The Hall–Kier alpha value is -2.23. The molecule has 0 fully saturated rings. The maximum absolute atomic E-state index is 13.4. The van der Waals surface area contributed by atoms with Crippen molar-refractivity contribution in [2.75, 3.05) is 12.0 Å². The highest BCUT2D eigenvalue weighted by Gasteiger charge is 2.30. The Balaban J connectivity index is 3.26. The Morgan fingerprint density at radius 2 is 1.87 bits per heavy atom. The van der Waals surface area contributed by atoms with Crippen LogP contribution in [-0.4, -0.2) is 54.1 Å². The molecule has 0 heterocycles. The molecule has 9 heteroatoms. The fourth-order valence-corrected chi connectivity index (χ4v) is 3.22. The lowest BCUT2D eigenvalue weighted by Gasteiger charge is -2.23. The molecule has 166 valence electrons. The largest absolute Gasteiger partial charge is 0.425 e. The molecule has 0 aliphatic rings. The zero-order chi connectivity index (χ0) is 22.8. The first-order valence-electron chi connectivity index (χ1n) is 9.76. The van der Waals surface area contributed by atoms with Crippen molar-refractivity contribution in [1.82, 2.24) is 5.32 Å². The van der Waals surface area contributed by atoms with Crippen molar-refractivity contribution in [2.45, 2.75) is 51.7 Å². The van der Waals surface area contributed by atoms with Gasteiger partial charge in [-0.05, 0) is 43.8 Å². The lowest BCUT2D eigenvalue weighted by Crippen LogP contribution is -2.49. The monoisotopic (exact) mass is 437 g/mol. The summed E-state index contributed by atoms with van der Waals surface area (Å²) < 4.78 is 5.25. The second kappa shape index (κ2) is 12.5. The van der Waals surface area contributed by atoms with Gasteiger partial charge in [0.05, 0.1) is 17.6 Å². The standard InChI is InChI=1S/C21H31N3O5S/c1-12(2)10-16(24-20(27)15(23)8-9-30-4)19(26)18-14(11-25)6-5-7-17(18)29-21(28)13(3)22/h5-7,11-13,15-16H,8-10,22-23H2,1-4H3,(H,24,27)/t13-,15-,16-/m0/s1. The lowest BCUT2D eigenvalue weighted by molar-refractivity contribution is -0.135. The highest BCUT2D eigenvalue weighted by atomic mass is 32.2. The lowest BCUT2D eigenvalue weighted by atomic mass is 9.92. The highest BCUT2D eigenvalue weighted by molar-refractivity contribution is 7.98. The van der Waals surface area contributed by atoms with Crippen LogP contribution in [0.5, 0.6) is 5.75 Å². The quantitative estimate of drug-likeness (QED) is 0.193. The number of esters is 1. The topological polar surface area (TPSA) is 142 Å². The number of rotatable bonds is 12. The van der Waals surface area contributed by atoms with Crippen molar-refractivity contribution >= 4 is 35.7 Å². The van der Waals surface area contributed by atoms with E-state index in [0.717, 1.165) is 0 Å². The smallest absolute Gasteiger partial charge is 0.328 e. The zero-order valence-corrected chi connectivity index (χ0v) is 18.7. The van der Waals surface area contributed by atoms with E-state index in [4.69, 9.17) is 16.2 Å². The number of benzene rings is 1. The average Bonchev–Trinajstić information content (AvgIpc) is 2.70. The molecule has 1 rings (SSSR count). The van der Waals surface area contributed by atoms with Crippen molar-refractivity contribution in [3.8, 4) is 5.75 Å². The molecule has 8 nitrogen and oxygen atoms in total. The van der Waals surface area contributed by atoms with Crippen LogP contribution < -0.4 is 21.5 Å². The van der Waals surface area contributed by atoms with E-state index in [1.807, 2.05) is 20.1 Å². The summed E-state index contributed by atoms with van der Waals surface area (Å²) in [7, 11) is 0. The van der Waals surface area contributed by atoms with Gasteiger partial charge in [-0.25, -0.2) is 4.79 Å². The Bertz CT molecular complexity index is 767. The Kier molecular flexibility index (Phi) is 10.7. The summed E-state index contributed by atoms with van der Waals surface area (Å²) in [6.45, 7) is 5.26. The molecule has 3 atom stereocenters. The number of hydrogen-bond donors (Lipinski definition) is 3. The molecule has 1 amide bonds. The minimum atomic E-state index is -0.924. The van der Waals surface area contributed by atoms with E-state index in [-0.39, 0.29) is 22.8 Å². The number of carbonyl (C=O) groups excluding carboxylic acids is 4. The second-order valence-corrected chi connectivity index (χ2v) is 8.48. The van der Waals surface area contributed by atoms with Gasteiger partial charge >= 0.3 is 5.97 Å². The van der Waals surface area contributed by atoms with Crippen molar-refractivity contribution in [3.05, 3.63) is 29.3 Å². The van der Waals surface area contributed by atoms with Gasteiger partial charge in [-0.1, -0.05) is 26.0 Å². The number of ether oxygens (including phenoxy) is 1. The number of thioether (sulfide) groups is 1. The van der Waals surface area contributed by atoms with Crippen molar-refractivity contribution in [2.24, 2.45) is 17.4 Å². The molecule has 0 spiro atoms. The number of nitrogens with one attached hydrogen (secondary N) is 1. The first-order valence-corrected chi connectivity index (χ1v) is 11.2. The third-order valence-corrected chi connectivity index (χ3v) is 4.97. The molecule has 30 heavy (non-hydrogen) atoms. The molecule has 1 aromatic rings. The number of ketones is 1. The SMILES string of the molecule is CSCC[C@H](N)C(=O)N[C@@H](CC(C)C)C(=O)c1c(C=O)cccc1OC(=O)[C@H](C)N. The van der Waals surface area contributed by atoms with E-state index in [2.05, 4.69) is 5.32 Å². The molecule has 0 saturated heterocycles. The number of Topliss-reactive ketones (excluding diaryl/α,β-unsaturated/α-hetero) is 1. The maximum Gasteiger partial charge on any atom is 0.328 e. The first-order chi connectivity index (χ1) is 14.1. The van der Waals surface area contributed by atoms with Crippen LogP contribution in [-0.2, 0) is 9.59 Å². The minimum Gasteiger partial charge on any atom is -0.425 e. The van der Waals surface area contributed by atoms with Crippen LogP contribution in [0, 0.1) is 5.92 Å². The normalized spacial score (nSPS) is 14.0. The fraction of sp³-hybridized carbons (Fsp3) is 0.524. The van der Waals surface area contributed by atoms with Gasteiger partial charge in [0.2, 0.25) is 5.91 Å². The van der Waals surface area contributed by atoms with Crippen molar-refractivity contribution in [3.63, 3.8) is 0 Å². The van der Waals surface area contributed by atoms with E-state index < -0.39 is 35.8 Å². The zero-order valence-electron chi connectivity index (χ0n) is 17.8. The summed E-state index contributed by atoms with van der Waals surface area (Å²) in [5, 5.41) is 2.71. The van der Waals surface area contributed by atoms with Crippen LogP contribution in [0.2, 0.25) is 0 Å². The molecular weight excluding hydrogens is 406 g/mol.